The SMILES string of the molecule is C=C(/C=C\C(=C/C)C(C)(C)C#N)[C@H]1CCCC(CN)O1. The van der Waals surface area contributed by atoms with Crippen molar-refractivity contribution in [3.05, 3.63) is 36.0 Å². The monoisotopic (exact) mass is 274 g/mol. The fourth-order valence-corrected chi connectivity index (χ4v) is 2.38. The minimum Gasteiger partial charge on any atom is -0.369 e. The van der Waals surface area contributed by atoms with Gasteiger partial charge in [0.15, 0.2) is 0 Å². The first kappa shape index (κ1) is 16.7. The van der Waals surface area contributed by atoms with Crippen LogP contribution in [-0.4, -0.2) is 18.8 Å². The van der Waals surface area contributed by atoms with Crippen molar-refractivity contribution in [1.82, 2.24) is 0 Å². The molecular weight excluding hydrogens is 248 g/mol. The van der Waals surface area contributed by atoms with E-state index in [0.29, 0.717) is 6.54 Å². The summed E-state index contributed by atoms with van der Waals surface area (Å²) in [6, 6.07) is 2.31. The van der Waals surface area contributed by atoms with E-state index in [1.165, 1.54) is 0 Å². The average molecular weight is 274 g/mol. The van der Waals surface area contributed by atoms with E-state index < -0.39 is 5.41 Å². The molecule has 0 bridgehead atoms. The summed E-state index contributed by atoms with van der Waals surface area (Å²) in [4.78, 5) is 0. The summed E-state index contributed by atoms with van der Waals surface area (Å²) in [5.41, 5.74) is 7.13. The molecule has 3 heteroatoms. The van der Waals surface area contributed by atoms with Crippen LogP contribution in [0.3, 0.4) is 0 Å². The molecule has 1 aliphatic heterocycles. The molecule has 1 fully saturated rings. The number of hydrogen-bond donors (Lipinski definition) is 1. The Morgan fingerprint density at radius 1 is 1.45 bits per heavy atom. The molecule has 0 aromatic heterocycles. The topological polar surface area (TPSA) is 59.0 Å². The number of ether oxygens (including phenoxy) is 1. The molecule has 1 saturated heterocycles. The molecule has 0 spiro atoms. The van der Waals surface area contributed by atoms with Gasteiger partial charge >= 0.3 is 0 Å². The summed E-state index contributed by atoms with van der Waals surface area (Å²) < 4.78 is 5.91. The summed E-state index contributed by atoms with van der Waals surface area (Å²) in [7, 11) is 0. The Kier molecular flexibility index (Phi) is 6.19. The first-order valence-corrected chi connectivity index (χ1v) is 7.25. The Hall–Kier alpha value is -1.37. The van der Waals surface area contributed by atoms with Crippen molar-refractivity contribution in [3.8, 4) is 6.07 Å². The van der Waals surface area contributed by atoms with Crippen LogP contribution in [0.2, 0.25) is 0 Å². The first-order chi connectivity index (χ1) is 9.44. The Labute approximate surface area is 122 Å². The first-order valence-electron chi connectivity index (χ1n) is 7.25. The summed E-state index contributed by atoms with van der Waals surface area (Å²) in [5, 5.41) is 9.19. The highest BCUT2D eigenvalue weighted by molar-refractivity contribution is 5.35. The van der Waals surface area contributed by atoms with Crippen LogP contribution in [0.25, 0.3) is 0 Å². The van der Waals surface area contributed by atoms with Crippen molar-refractivity contribution in [2.45, 2.75) is 52.2 Å². The van der Waals surface area contributed by atoms with Crippen LogP contribution in [0.4, 0.5) is 0 Å². The summed E-state index contributed by atoms with van der Waals surface area (Å²) in [6.07, 6.45) is 9.26. The van der Waals surface area contributed by atoms with Crippen LogP contribution in [0.15, 0.2) is 36.0 Å². The number of nitriles is 1. The van der Waals surface area contributed by atoms with Gasteiger partial charge in [0, 0.05) is 6.54 Å². The second-order valence-corrected chi connectivity index (χ2v) is 5.80. The second-order valence-electron chi connectivity index (χ2n) is 5.80. The third kappa shape index (κ3) is 4.33. The van der Waals surface area contributed by atoms with Crippen molar-refractivity contribution in [2.24, 2.45) is 11.1 Å². The highest BCUT2D eigenvalue weighted by Gasteiger charge is 2.23. The van der Waals surface area contributed by atoms with Gasteiger partial charge in [-0.15, -0.1) is 0 Å². The molecule has 110 valence electrons. The fourth-order valence-electron chi connectivity index (χ4n) is 2.38. The van der Waals surface area contributed by atoms with Crippen LogP contribution in [0.5, 0.6) is 0 Å². The van der Waals surface area contributed by atoms with Crippen molar-refractivity contribution >= 4 is 0 Å². The Morgan fingerprint density at radius 2 is 2.15 bits per heavy atom. The maximum atomic E-state index is 9.19. The molecule has 2 atom stereocenters. The predicted octanol–water partition coefficient (Wildman–Crippen LogP) is 3.49. The summed E-state index contributed by atoms with van der Waals surface area (Å²) >= 11 is 0. The molecule has 1 aliphatic rings. The fraction of sp³-hybridized carbons (Fsp3) is 0.588. The van der Waals surface area contributed by atoms with E-state index in [9.17, 15) is 5.26 Å². The zero-order chi connectivity index (χ0) is 15.2. The maximum absolute atomic E-state index is 9.19. The van der Waals surface area contributed by atoms with Gasteiger partial charge in [-0.3, -0.25) is 0 Å². The Bertz CT molecular complexity index is 440. The third-order valence-corrected chi connectivity index (χ3v) is 3.81. The molecule has 0 aromatic carbocycles. The molecule has 0 amide bonds. The molecule has 1 rings (SSSR count). The van der Waals surface area contributed by atoms with Gasteiger partial charge in [-0.1, -0.05) is 24.8 Å². The molecule has 3 nitrogen and oxygen atoms in total. The molecule has 1 heterocycles. The van der Waals surface area contributed by atoms with Gasteiger partial charge < -0.3 is 10.5 Å². The van der Waals surface area contributed by atoms with E-state index in [2.05, 4.69) is 12.6 Å². The highest BCUT2D eigenvalue weighted by atomic mass is 16.5. The van der Waals surface area contributed by atoms with Crippen LogP contribution < -0.4 is 5.73 Å². The quantitative estimate of drug-likeness (QED) is 0.781. The van der Waals surface area contributed by atoms with Crippen molar-refractivity contribution in [3.63, 3.8) is 0 Å². The molecule has 2 N–H and O–H groups in total. The lowest BCUT2D eigenvalue weighted by Gasteiger charge is -2.30. The number of nitrogens with two attached hydrogens (primary N) is 1. The average Bonchev–Trinajstić information content (AvgIpc) is 2.47. The summed E-state index contributed by atoms with van der Waals surface area (Å²) in [5.74, 6) is 0. The normalized spacial score (nSPS) is 24.6. The zero-order valence-electron chi connectivity index (χ0n) is 12.9. The third-order valence-electron chi connectivity index (χ3n) is 3.81. The lowest BCUT2D eigenvalue weighted by atomic mass is 9.85. The van der Waals surface area contributed by atoms with Crippen LogP contribution in [0, 0.1) is 16.7 Å². The Balaban J connectivity index is 2.70. The minimum absolute atomic E-state index is 0.0526. The lowest BCUT2D eigenvalue weighted by molar-refractivity contribution is -0.0233. The van der Waals surface area contributed by atoms with E-state index >= 15 is 0 Å². The van der Waals surface area contributed by atoms with Crippen LogP contribution in [0.1, 0.15) is 40.0 Å². The number of rotatable bonds is 5. The predicted molar refractivity (Wildman–Crippen MR) is 83.0 cm³/mol. The van der Waals surface area contributed by atoms with Crippen molar-refractivity contribution in [2.75, 3.05) is 6.54 Å². The molecule has 1 unspecified atom stereocenters. The van der Waals surface area contributed by atoms with Crippen molar-refractivity contribution in [1.29, 1.82) is 5.26 Å². The lowest BCUT2D eigenvalue weighted by Crippen LogP contribution is -2.33. The standard InChI is InChI=1S/C17H26N2O/c1-5-14(17(3,4)12-19)10-9-13(2)16-8-6-7-15(11-18)20-16/h5,9-10,15-16H,2,6-8,11,18H2,1,3-4H3/b10-9-,14-5+/t15?,16-/m1/s1. The number of allylic oxidation sites excluding steroid dienone is 3. The minimum atomic E-state index is -0.487. The van der Waals surface area contributed by atoms with Gasteiger partial charge in [0.2, 0.25) is 0 Å². The Morgan fingerprint density at radius 3 is 2.70 bits per heavy atom. The van der Waals surface area contributed by atoms with Gasteiger partial charge in [-0.2, -0.15) is 5.26 Å². The molecule has 0 radical (unpaired) electrons. The van der Waals surface area contributed by atoms with E-state index in [1.807, 2.05) is 39.0 Å². The molecule has 0 aromatic rings. The van der Waals surface area contributed by atoms with Gasteiger partial charge in [0.1, 0.15) is 0 Å². The van der Waals surface area contributed by atoms with Gasteiger partial charge in [-0.25, -0.2) is 0 Å². The van der Waals surface area contributed by atoms with Gasteiger partial charge in [-0.05, 0) is 51.2 Å². The van der Waals surface area contributed by atoms with Gasteiger partial charge in [0.25, 0.3) is 0 Å². The largest absolute Gasteiger partial charge is 0.369 e. The van der Waals surface area contributed by atoms with E-state index in [-0.39, 0.29) is 12.2 Å². The molecule has 20 heavy (non-hydrogen) atoms. The number of nitrogens with zero attached hydrogens (tertiary/aromatic N) is 1. The van der Waals surface area contributed by atoms with Crippen LogP contribution >= 0.6 is 0 Å². The van der Waals surface area contributed by atoms with E-state index in [1.54, 1.807) is 0 Å². The summed E-state index contributed by atoms with van der Waals surface area (Å²) in [6.45, 7) is 10.4. The van der Waals surface area contributed by atoms with Crippen LogP contribution in [-0.2, 0) is 4.74 Å². The zero-order valence-corrected chi connectivity index (χ0v) is 12.9. The smallest absolute Gasteiger partial charge is 0.0823 e. The van der Waals surface area contributed by atoms with E-state index in [4.69, 9.17) is 10.5 Å². The second kappa shape index (κ2) is 7.42. The molecular formula is C17H26N2O. The van der Waals surface area contributed by atoms with Gasteiger partial charge in [0.05, 0.1) is 23.7 Å². The maximum Gasteiger partial charge on any atom is 0.0823 e. The van der Waals surface area contributed by atoms with Crippen molar-refractivity contribution < 1.29 is 4.74 Å². The van der Waals surface area contributed by atoms with E-state index in [0.717, 1.165) is 30.4 Å². The highest BCUT2D eigenvalue weighted by Crippen LogP contribution is 2.28. The molecule has 0 saturated carbocycles. The molecule has 0 aliphatic carbocycles. The number of hydrogen-bond acceptors (Lipinski definition) is 3.